The van der Waals surface area contributed by atoms with E-state index in [9.17, 15) is 5.26 Å². The Balaban J connectivity index is 2.02. The molecule has 5 heteroatoms. The van der Waals surface area contributed by atoms with Crippen LogP contribution in [0.2, 0.25) is 0 Å². The largest absolute Gasteiger partial charge is 0.338 e. The molecule has 21 heavy (non-hydrogen) atoms. The Bertz CT molecular complexity index is 735. The van der Waals surface area contributed by atoms with Crippen molar-refractivity contribution in [2.75, 3.05) is 5.32 Å². The lowest BCUT2D eigenvalue weighted by atomic mass is 9.95. The van der Waals surface area contributed by atoms with Gasteiger partial charge in [0.05, 0.1) is 11.3 Å². The number of aryl methyl sites for hydroxylation is 2. The van der Waals surface area contributed by atoms with Crippen LogP contribution in [0.1, 0.15) is 29.7 Å². The molecular formula is C16H13Br2N3. The van der Waals surface area contributed by atoms with Gasteiger partial charge in [0.2, 0.25) is 0 Å². The molecule has 1 aliphatic rings. The number of nitrogens with zero attached hydrogens (tertiary/aromatic N) is 2. The molecule has 0 fully saturated rings. The molecule has 1 heterocycles. The second-order valence-corrected chi connectivity index (χ2v) is 6.83. The fourth-order valence-electron chi connectivity index (χ4n) is 2.54. The summed E-state index contributed by atoms with van der Waals surface area (Å²) < 4.78 is 1.92. The maximum Gasteiger partial charge on any atom is 0.148 e. The van der Waals surface area contributed by atoms with Gasteiger partial charge in [-0.2, -0.15) is 5.26 Å². The molecule has 0 saturated carbocycles. The Hall–Kier alpha value is -1.38. The van der Waals surface area contributed by atoms with Crippen LogP contribution >= 0.6 is 31.9 Å². The number of benzene rings is 1. The molecule has 0 bridgehead atoms. The molecule has 0 amide bonds. The molecule has 0 atom stereocenters. The molecule has 1 aromatic carbocycles. The van der Waals surface area contributed by atoms with Gasteiger partial charge in [-0.15, -0.1) is 0 Å². The first-order chi connectivity index (χ1) is 10.2. The predicted molar refractivity (Wildman–Crippen MR) is 90.7 cm³/mol. The van der Waals surface area contributed by atoms with Crippen LogP contribution in [0.5, 0.6) is 0 Å². The molecule has 106 valence electrons. The average molecular weight is 407 g/mol. The summed E-state index contributed by atoms with van der Waals surface area (Å²) in [6.07, 6.45) is 4.38. The highest BCUT2D eigenvalue weighted by molar-refractivity contribution is 9.11. The molecule has 1 aromatic heterocycles. The van der Waals surface area contributed by atoms with Crippen LogP contribution in [0.15, 0.2) is 33.2 Å². The highest BCUT2D eigenvalue weighted by Crippen LogP contribution is 2.31. The summed E-state index contributed by atoms with van der Waals surface area (Å²) >= 11 is 6.97. The smallest absolute Gasteiger partial charge is 0.148 e. The van der Waals surface area contributed by atoms with Crippen molar-refractivity contribution < 1.29 is 0 Å². The number of nitriles is 1. The van der Waals surface area contributed by atoms with E-state index in [2.05, 4.69) is 48.2 Å². The molecule has 3 nitrogen and oxygen atoms in total. The second kappa shape index (κ2) is 6.17. The molecular weight excluding hydrogens is 394 g/mol. The fourth-order valence-corrected chi connectivity index (χ4v) is 3.24. The summed E-state index contributed by atoms with van der Waals surface area (Å²) in [5.74, 6) is 0.636. The topological polar surface area (TPSA) is 48.7 Å². The number of halogens is 2. The van der Waals surface area contributed by atoms with E-state index in [0.717, 1.165) is 33.2 Å². The molecule has 1 aliphatic carbocycles. The highest BCUT2D eigenvalue weighted by Gasteiger charge is 2.15. The molecule has 0 unspecified atom stereocenters. The van der Waals surface area contributed by atoms with Gasteiger partial charge < -0.3 is 5.32 Å². The summed E-state index contributed by atoms with van der Waals surface area (Å²) in [7, 11) is 0. The third-order valence-corrected chi connectivity index (χ3v) is 4.79. The van der Waals surface area contributed by atoms with E-state index in [1.807, 2.05) is 24.3 Å². The van der Waals surface area contributed by atoms with Gasteiger partial charge in [0.1, 0.15) is 11.9 Å². The highest BCUT2D eigenvalue weighted by atomic mass is 79.9. The van der Waals surface area contributed by atoms with E-state index >= 15 is 0 Å². The van der Waals surface area contributed by atoms with E-state index < -0.39 is 0 Å². The lowest BCUT2D eigenvalue weighted by Crippen LogP contribution is -2.09. The van der Waals surface area contributed by atoms with Crippen LogP contribution in [-0.4, -0.2) is 4.98 Å². The number of rotatable bonds is 2. The Morgan fingerprint density at radius 2 is 1.95 bits per heavy atom. The fraction of sp³-hybridized carbons (Fsp3) is 0.250. The first kappa shape index (κ1) is 14.6. The van der Waals surface area contributed by atoms with Crippen molar-refractivity contribution >= 4 is 43.4 Å². The molecule has 2 aromatic rings. The van der Waals surface area contributed by atoms with Gasteiger partial charge in [0, 0.05) is 14.6 Å². The van der Waals surface area contributed by atoms with Crippen LogP contribution in [0.4, 0.5) is 11.5 Å². The summed E-state index contributed by atoms with van der Waals surface area (Å²) in [5, 5.41) is 12.6. The lowest BCUT2D eigenvalue weighted by Gasteiger charge is -2.17. The normalized spacial score (nSPS) is 13.4. The van der Waals surface area contributed by atoms with Crippen LogP contribution in [0.3, 0.4) is 0 Å². The third-order valence-electron chi connectivity index (χ3n) is 3.60. The second-order valence-electron chi connectivity index (χ2n) is 5.06. The van der Waals surface area contributed by atoms with E-state index in [1.54, 1.807) is 0 Å². The Morgan fingerprint density at radius 1 is 1.14 bits per heavy atom. The van der Waals surface area contributed by atoms with Gasteiger partial charge in [-0.25, -0.2) is 4.98 Å². The van der Waals surface area contributed by atoms with Gasteiger partial charge >= 0.3 is 0 Å². The summed E-state index contributed by atoms with van der Waals surface area (Å²) in [6, 6.07) is 10.1. The van der Waals surface area contributed by atoms with E-state index in [-0.39, 0.29) is 0 Å². The van der Waals surface area contributed by atoms with Crippen LogP contribution in [-0.2, 0) is 12.8 Å². The average Bonchev–Trinajstić information content (AvgIpc) is 2.50. The number of anilines is 2. The minimum absolute atomic E-state index is 0.600. The zero-order valence-corrected chi connectivity index (χ0v) is 14.5. The third kappa shape index (κ3) is 3.12. The Morgan fingerprint density at radius 3 is 2.76 bits per heavy atom. The van der Waals surface area contributed by atoms with E-state index in [1.165, 1.54) is 18.4 Å². The summed E-state index contributed by atoms with van der Waals surface area (Å²) in [6.45, 7) is 0. The predicted octanol–water partition coefficient (Wildman–Crippen LogP) is 5.10. The molecule has 0 saturated heterocycles. The molecule has 0 spiro atoms. The number of hydrogen-bond acceptors (Lipinski definition) is 3. The van der Waals surface area contributed by atoms with Gasteiger partial charge in [-0.3, -0.25) is 0 Å². The maximum absolute atomic E-state index is 9.37. The van der Waals surface area contributed by atoms with Crippen molar-refractivity contribution in [1.29, 1.82) is 5.26 Å². The quantitative estimate of drug-likeness (QED) is 0.754. The van der Waals surface area contributed by atoms with Crippen LogP contribution in [0, 0.1) is 11.3 Å². The zero-order chi connectivity index (χ0) is 14.8. The molecule has 0 radical (unpaired) electrons. The summed E-state index contributed by atoms with van der Waals surface area (Å²) in [4.78, 5) is 4.68. The van der Waals surface area contributed by atoms with Crippen molar-refractivity contribution in [3.8, 4) is 6.07 Å². The minimum Gasteiger partial charge on any atom is -0.338 e. The van der Waals surface area contributed by atoms with Crippen LogP contribution < -0.4 is 5.32 Å². The molecule has 3 rings (SSSR count). The minimum atomic E-state index is 0.600. The maximum atomic E-state index is 9.37. The van der Waals surface area contributed by atoms with Gasteiger partial charge in [-0.1, -0.05) is 15.9 Å². The first-order valence-electron chi connectivity index (χ1n) is 6.82. The van der Waals surface area contributed by atoms with Gasteiger partial charge in [0.15, 0.2) is 0 Å². The number of hydrogen-bond donors (Lipinski definition) is 1. The zero-order valence-electron chi connectivity index (χ0n) is 11.3. The van der Waals surface area contributed by atoms with Crippen LogP contribution in [0.25, 0.3) is 0 Å². The summed E-state index contributed by atoms with van der Waals surface area (Å²) in [5.41, 5.74) is 3.83. The SMILES string of the molecule is N#Cc1cc2c(nc1Nc1cc(Br)ccc1Br)CCCC2. The Labute approximate surface area is 140 Å². The van der Waals surface area contributed by atoms with Crippen molar-refractivity contribution in [1.82, 2.24) is 4.98 Å². The van der Waals surface area contributed by atoms with E-state index in [0.29, 0.717) is 11.4 Å². The van der Waals surface area contributed by atoms with E-state index in [4.69, 9.17) is 0 Å². The molecule has 1 N–H and O–H groups in total. The molecule has 0 aliphatic heterocycles. The van der Waals surface area contributed by atoms with Crippen molar-refractivity contribution in [3.05, 3.63) is 50.0 Å². The van der Waals surface area contributed by atoms with Gasteiger partial charge in [0.25, 0.3) is 0 Å². The van der Waals surface area contributed by atoms with Crippen molar-refractivity contribution in [2.24, 2.45) is 0 Å². The van der Waals surface area contributed by atoms with Gasteiger partial charge in [-0.05, 0) is 71.4 Å². The number of nitrogens with one attached hydrogen (secondary N) is 1. The first-order valence-corrected chi connectivity index (χ1v) is 8.41. The number of pyridine rings is 1. The van der Waals surface area contributed by atoms with Crippen molar-refractivity contribution in [3.63, 3.8) is 0 Å². The standard InChI is InChI=1S/C16H13Br2N3/c17-12-5-6-13(18)15(8-12)21-16-11(9-19)7-10-3-1-2-4-14(10)20-16/h5-8H,1-4H2,(H,20,21). The number of aromatic nitrogens is 1. The monoisotopic (exact) mass is 405 g/mol. The van der Waals surface area contributed by atoms with Crippen molar-refractivity contribution in [2.45, 2.75) is 25.7 Å². The lowest BCUT2D eigenvalue weighted by molar-refractivity contribution is 0.668. The Kier molecular flexibility index (Phi) is 4.27. The number of fused-ring (bicyclic) bond motifs is 1.